The molecule has 1 N–H and O–H groups in total. The second-order valence-corrected chi connectivity index (χ2v) is 4.38. The fraction of sp³-hybridized carbons (Fsp3) is 0.385. The number of ether oxygens (including phenoxy) is 1. The summed E-state index contributed by atoms with van der Waals surface area (Å²) >= 11 is 0. The van der Waals surface area contributed by atoms with E-state index in [-0.39, 0.29) is 6.54 Å². The van der Waals surface area contributed by atoms with Gasteiger partial charge in [0.1, 0.15) is 25.6 Å². The Balaban J connectivity index is 2.64. The summed E-state index contributed by atoms with van der Waals surface area (Å²) in [5.41, 5.74) is 0.437. The van der Waals surface area contributed by atoms with Gasteiger partial charge in [0, 0.05) is 6.54 Å². The van der Waals surface area contributed by atoms with Gasteiger partial charge in [0.05, 0.1) is 0 Å². The van der Waals surface area contributed by atoms with E-state index in [1.54, 1.807) is 0 Å². The SMILES string of the molecule is O=C(O)CN(Cc1ccc(F)cc1)C(=O)COCC(F)(F)F. The van der Waals surface area contributed by atoms with Crippen molar-refractivity contribution in [3.05, 3.63) is 35.6 Å². The number of carboxylic acids is 1. The number of carbonyl (C=O) groups is 2. The second kappa shape index (κ2) is 7.74. The Kier molecular flexibility index (Phi) is 6.29. The van der Waals surface area contributed by atoms with Gasteiger partial charge in [-0.1, -0.05) is 12.1 Å². The molecule has 1 amide bonds. The highest BCUT2D eigenvalue weighted by atomic mass is 19.4. The van der Waals surface area contributed by atoms with Crippen LogP contribution in [0.15, 0.2) is 24.3 Å². The highest BCUT2D eigenvalue weighted by molar-refractivity contribution is 5.82. The minimum Gasteiger partial charge on any atom is -0.480 e. The van der Waals surface area contributed by atoms with E-state index in [1.807, 2.05) is 0 Å². The number of aliphatic carboxylic acids is 1. The summed E-state index contributed by atoms with van der Waals surface area (Å²) in [5.74, 6) is -2.74. The first-order chi connectivity index (χ1) is 10.2. The predicted octanol–water partition coefficient (Wildman–Crippen LogP) is 1.82. The zero-order valence-corrected chi connectivity index (χ0v) is 11.3. The fourth-order valence-corrected chi connectivity index (χ4v) is 1.55. The standard InChI is InChI=1S/C13H13F4NO4/c14-10-3-1-9(2-4-10)5-18(6-12(20)21)11(19)7-22-8-13(15,16)17/h1-4H,5-8H2,(H,20,21). The zero-order valence-electron chi connectivity index (χ0n) is 11.3. The van der Waals surface area contributed by atoms with Crippen molar-refractivity contribution in [2.75, 3.05) is 19.8 Å². The summed E-state index contributed by atoms with van der Waals surface area (Å²) in [6.45, 7) is -3.38. The Hall–Kier alpha value is -2.16. The summed E-state index contributed by atoms with van der Waals surface area (Å²) in [6.07, 6.45) is -4.57. The van der Waals surface area contributed by atoms with Gasteiger partial charge in [0.15, 0.2) is 0 Å². The molecule has 0 aromatic heterocycles. The molecule has 0 atom stereocenters. The summed E-state index contributed by atoms with van der Waals surface area (Å²) in [6, 6.07) is 4.93. The number of halogens is 4. The molecule has 1 rings (SSSR count). The van der Waals surface area contributed by atoms with Crippen molar-refractivity contribution in [3.63, 3.8) is 0 Å². The van der Waals surface area contributed by atoms with Crippen LogP contribution in [0, 0.1) is 5.82 Å². The molecule has 5 nitrogen and oxygen atoms in total. The molecule has 0 aliphatic rings. The van der Waals surface area contributed by atoms with Crippen molar-refractivity contribution < 1.29 is 37.0 Å². The molecule has 0 spiro atoms. The maximum absolute atomic E-state index is 12.8. The van der Waals surface area contributed by atoms with Gasteiger partial charge in [-0.3, -0.25) is 9.59 Å². The molecule has 0 fully saturated rings. The average molecular weight is 323 g/mol. The number of alkyl halides is 3. The van der Waals surface area contributed by atoms with Crippen LogP contribution in [0.4, 0.5) is 17.6 Å². The van der Waals surface area contributed by atoms with E-state index in [1.165, 1.54) is 12.1 Å². The lowest BCUT2D eigenvalue weighted by Gasteiger charge is -2.21. The van der Waals surface area contributed by atoms with E-state index in [2.05, 4.69) is 4.74 Å². The van der Waals surface area contributed by atoms with Crippen LogP contribution >= 0.6 is 0 Å². The molecule has 122 valence electrons. The number of benzene rings is 1. The van der Waals surface area contributed by atoms with Crippen molar-refractivity contribution >= 4 is 11.9 Å². The number of carbonyl (C=O) groups excluding carboxylic acids is 1. The zero-order chi connectivity index (χ0) is 16.8. The van der Waals surface area contributed by atoms with E-state index in [0.29, 0.717) is 5.56 Å². The van der Waals surface area contributed by atoms with Gasteiger partial charge in [-0.15, -0.1) is 0 Å². The molecule has 0 saturated heterocycles. The largest absolute Gasteiger partial charge is 0.480 e. The van der Waals surface area contributed by atoms with Crippen LogP contribution in [-0.4, -0.2) is 47.8 Å². The van der Waals surface area contributed by atoms with Gasteiger partial charge in [0.2, 0.25) is 5.91 Å². The van der Waals surface area contributed by atoms with Gasteiger partial charge >= 0.3 is 12.1 Å². The molecule has 0 aliphatic carbocycles. The third kappa shape index (κ3) is 7.02. The van der Waals surface area contributed by atoms with Crippen LogP contribution in [0.5, 0.6) is 0 Å². The van der Waals surface area contributed by atoms with Crippen molar-refractivity contribution in [1.82, 2.24) is 4.90 Å². The first kappa shape index (κ1) is 17.9. The molecular formula is C13H13F4NO4. The van der Waals surface area contributed by atoms with Crippen LogP contribution in [0.25, 0.3) is 0 Å². The number of hydrogen-bond acceptors (Lipinski definition) is 3. The number of carboxylic acid groups (broad SMARTS) is 1. The van der Waals surface area contributed by atoms with Crippen LogP contribution in [0.3, 0.4) is 0 Å². The molecule has 0 saturated carbocycles. The van der Waals surface area contributed by atoms with Crippen LogP contribution < -0.4 is 0 Å². The number of hydrogen-bond donors (Lipinski definition) is 1. The van der Waals surface area contributed by atoms with Gasteiger partial charge < -0.3 is 14.7 Å². The van der Waals surface area contributed by atoms with Gasteiger partial charge in [0.25, 0.3) is 0 Å². The summed E-state index contributed by atoms with van der Waals surface area (Å²) in [7, 11) is 0. The fourth-order valence-electron chi connectivity index (χ4n) is 1.55. The van der Waals surface area contributed by atoms with Crippen LogP contribution in [0.2, 0.25) is 0 Å². The lowest BCUT2D eigenvalue weighted by atomic mass is 10.2. The highest BCUT2D eigenvalue weighted by Crippen LogP contribution is 2.14. The normalized spacial score (nSPS) is 11.3. The van der Waals surface area contributed by atoms with E-state index in [0.717, 1.165) is 17.0 Å². The van der Waals surface area contributed by atoms with Gasteiger partial charge in [-0.25, -0.2) is 4.39 Å². The summed E-state index contributed by atoms with van der Waals surface area (Å²) in [5, 5.41) is 8.73. The van der Waals surface area contributed by atoms with E-state index < -0.39 is 43.6 Å². The Morgan fingerprint density at radius 2 is 1.77 bits per heavy atom. The summed E-state index contributed by atoms with van der Waals surface area (Å²) < 4.78 is 52.7. The molecule has 22 heavy (non-hydrogen) atoms. The number of amides is 1. The Labute approximate surface area is 123 Å². The lowest BCUT2D eigenvalue weighted by molar-refractivity contribution is -0.178. The first-order valence-electron chi connectivity index (χ1n) is 6.06. The van der Waals surface area contributed by atoms with E-state index in [9.17, 15) is 27.2 Å². The monoisotopic (exact) mass is 323 g/mol. The Morgan fingerprint density at radius 3 is 2.27 bits per heavy atom. The predicted molar refractivity (Wildman–Crippen MR) is 66.3 cm³/mol. The Morgan fingerprint density at radius 1 is 1.18 bits per heavy atom. The topological polar surface area (TPSA) is 66.8 Å². The van der Waals surface area contributed by atoms with Crippen LogP contribution in [-0.2, 0) is 20.9 Å². The van der Waals surface area contributed by atoms with Crippen molar-refractivity contribution in [3.8, 4) is 0 Å². The van der Waals surface area contributed by atoms with E-state index >= 15 is 0 Å². The molecule has 0 heterocycles. The van der Waals surface area contributed by atoms with Crippen molar-refractivity contribution in [2.24, 2.45) is 0 Å². The molecule has 0 bridgehead atoms. The quantitative estimate of drug-likeness (QED) is 0.777. The lowest BCUT2D eigenvalue weighted by Crippen LogP contribution is -2.38. The molecule has 9 heteroatoms. The highest BCUT2D eigenvalue weighted by Gasteiger charge is 2.28. The number of nitrogens with zero attached hydrogens (tertiary/aromatic N) is 1. The molecule has 1 aromatic carbocycles. The van der Waals surface area contributed by atoms with Crippen molar-refractivity contribution in [1.29, 1.82) is 0 Å². The molecule has 0 aliphatic heterocycles. The Bertz CT molecular complexity index is 516. The van der Waals surface area contributed by atoms with Crippen LogP contribution in [0.1, 0.15) is 5.56 Å². The van der Waals surface area contributed by atoms with Crippen molar-refractivity contribution in [2.45, 2.75) is 12.7 Å². The molecular weight excluding hydrogens is 310 g/mol. The number of rotatable bonds is 7. The summed E-state index contributed by atoms with van der Waals surface area (Å²) in [4.78, 5) is 23.3. The average Bonchev–Trinajstić information content (AvgIpc) is 2.38. The maximum atomic E-state index is 12.8. The molecule has 0 radical (unpaired) electrons. The van der Waals surface area contributed by atoms with E-state index in [4.69, 9.17) is 5.11 Å². The minimum absolute atomic E-state index is 0.180. The van der Waals surface area contributed by atoms with Gasteiger partial charge in [-0.05, 0) is 17.7 Å². The van der Waals surface area contributed by atoms with Gasteiger partial charge in [-0.2, -0.15) is 13.2 Å². The smallest absolute Gasteiger partial charge is 0.411 e. The maximum Gasteiger partial charge on any atom is 0.411 e. The second-order valence-electron chi connectivity index (χ2n) is 4.38. The minimum atomic E-state index is -4.57. The third-order valence-electron chi connectivity index (χ3n) is 2.46. The molecule has 0 unspecified atom stereocenters. The molecule has 1 aromatic rings. The third-order valence-corrected chi connectivity index (χ3v) is 2.46. The first-order valence-corrected chi connectivity index (χ1v) is 6.06.